The van der Waals surface area contributed by atoms with E-state index >= 15 is 0 Å². The van der Waals surface area contributed by atoms with Gasteiger partial charge in [0.1, 0.15) is 0 Å². The minimum atomic E-state index is -1.12. The van der Waals surface area contributed by atoms with Crippen molar-refractivity contribution in [3.63, 3.8) is 0 Å². The first-order valence-corrected chi connectivity index (χ1v) is 5.06. The lowest BCUT2D eigenvalue weighted by molar-refractivity contribution is -0.133. The number of benzene rings is 1. The molecule has 1 amide bonds. The molecule has 0 fully saturated rings. The van der Waals surface area contributed by atoms with Crippen LogP contribution in [0.1, 0.15) is 12.0 Å². The average molecular weight is 294 g/mol. The topological polar surface area (TPSA) is 153 Å². The number of aliphatic hydroxyl groups excluding tert-OH is 1. The predicted molar refractivity (Wildman–Crippen MR) is 68.2 cm³/mol. The van der Waals surface area contributed by atoms with E-state index in [1.807, 2.05) is 0 Å². The Kier molecular flexibility index (Phi) is 6.36. The van der Waals surface area contributed by atoms with Crippen LogP contribution in [0.3, 0.4) is 0 Å². The third kappa shape index (κ3) is 4.45. The number of phenolic OH excluding ortho intramolecular Hbond substituents is 3. The summed E-state index contributed by atoms with van der Waals surface area (Å²) in [5.74, 6) is 7.59. The molecule has 1 rings (SSSR count). The summed E-state index contributed by atoms with van der Waals surface area (Å²) in [7, 11) is 0. The van der Waals surface area contributed by atoms with Crippen molar-refractivity contribution in [3.05, 3.63) is 17.7 Å². The second kappa shape index (κ2) is 7.00. The van der Waals surface area contributed by atoms with Gasteiger partial charge in [-0.1, -0.05) is 6.07 Å². The van der Waals surface area contributed by atoms with Crippen molar-refractivity contribution in [2.45, 2.75) is 18.9 Å². The minimum absolute atomic E-state index is 0. The SMILES string of the molecule is Cl.NN(N)C(=O)CC(O)Cc1ccc(O)c(O)c1O. The third-order valence-electron chi connectivity index (χ3n) is 2.37. The zero-order chi connectivity index (χ0) is 13.9. The van der Waals surface area contributed by atoms with Crippen LogP contribution in [0.2, 0.25) is 0 Å². The van der Waals surface area contributed by atoms with Gasteiger partial charge >= 0.3 is 0 Å². The molecule has 0 spiro atoms. The van der Waals surface area contributed by atoms with E-state index in [1.54, 1.807) is 0 Å². The number of nitrogens with two attached hydrogens (primary N) is 2. The van der Waals surface area contributed by atoms with Gasteiger partial charge in [0.2, 0.25) is 5.75 Å². The highest BCUT2D eigenvalue weighted by molar-refractivity contribution is 5.85. The monoisotopic (exact) mass is 293 g/mol. The van der Waals surface area contributed by atoms with Crippen LogP contribution >= 0.6 is 12.4 Å². The number of amides is 1. The number of aromatic hydroxyl groups is 3. The molecule has 0 bridgehead atoms. The highest BCUT2D eigenvalue weighted by atomic mass is 35.5. The lowest BCUT2D eigenvalue weighted by Crippen LogP contribution is -2.44. The molecule has 1 unspecified atom stereocenters. The molecule has 0 saturated carbocycles. The first-order valence-electron chi connectivity index (χ1n) is 5.06. The summed E-state index contributed by atoms with van der Waals surface area (Å²) < 4.78 is 0. The van der Waals surface area contributed by atoms with Crippen molar-refractivity contribution in [3.8, 4) is 17.2 Å². The number of aliphatic hydroxyl groups is 1. The number of carbonyl (C=O) groups excluding carboxylic acids is 1. The van der Waals surface area contributed by atoms with E-state index in [-0.39, 0.29) is 30.8 Å². The molecule has 1 aromatic carbocycles. The zero-order valence-corrected chi connectivity index (χ0v) is 10.7. The Morgan fingerprint density at radius 2 is 1.79 bits per heavy atom. The van der Waals surface area contributed by atoms with Gasteiger partial charge in [-0.15, -0.1) is 12.4 Å². The number of halogens is 1. The number of nitrogens with zero attached hydrogens (tertiary/aromatic N) is 1. The largest absolute Gasteiger partial charge is 0.504 e. The first-order chi connectivity index (χ1) is 8.32. The van der Waals surface area contributed by atoms with Crippen molar-refractivity contribution in [1.29, 1.82) is 0 Å². The fraction of sp³-hybridized carbons (Fsp3) is 0.300. The summed E-state index contributed by atoms with van der Waals surface area (Å²) in [6.45, 7) is 0. The van der Waals surface area contributed by atoms with Crippen LogP contribution in [-0.2, 0) is 11.2 Å². The lowest BCUT2D eigenvalue weighted by Gasteiger charge is -2.14. The molecule has 8 N–H and O–H groups in total. The summed E-state index contributed by atoms with van der Waals surface area (Å²) >= 11 is 0. The summed E-state index contributed by atoms with van der Waals surface area (Å²) in [4.78, 5) is 11.1. The quantitative estimate of drug-likeness (QED) is 0.182. The minimum Gasteiger partial charge on any atom is -0.504 e. The standard InChI is InChI=1S/C10H15N3O5.ClH/c11-13(12)8(16)4-6(14)3-5-1-2-7(15)10(18)9(5)17;/h1-2,6,14-15,17-18H,3-4,11-12H2;1H. The smallest absolute Gasteiger partial charge is 0.253 e. The normalized spacial score (nSPS) is 11.5. The van der Waals surface area contributed by atoms with Gasteiger partial charge in [-0.3, -0.25) is 4.79 Å². The van der Waals surface area contributed by atoms with Gasteiger partial charge in [0, 0.05) is 12.0 Å². The Bertz CT molecular complexity index is 455. The number of phenols is 3. The van der Waals surface area contributed by atoms with Crippen molar-refractivity contribution in [2.24, 2.45) is 11.7 Å². The van der Waals surface area contributed by atoms with Gasteiger partial charge in [-0.2, -0.15) is 0 Å². The van der Waals surface area contributed by atoms with Crippen molar-refractivity contribution >= 4 is 18.3 Å². The van der Waals surface area contributed by atoms with E-state index in [2.05, 4.69) is 0 Å². The van der Waals surface area contributed by atoms with Crippen LogP contribution in [0.25, 0.3) is 0 Å². The van der Waals surface area contributed by atoms with Gasteiger partial charge in [-0.25, -0.2) is 16.8 Å². The zero-order valence-electron chi connectivity index (χ0n) is 9.85. The van der Waals surface area contributed by atoms with Crippen molar-refractivity contribution in [2.75, 3.05) is 0 Å². The predicted octanol–water partition coefficient (Wildman–Crippen LogP) is -0.905. The summed E-state index contributed by atoms with van der Waals surface area (Å²) in [6, 6.07) is 2.48. The van der Waals surface area contributed by atoms with E-state index < -0.39 is 29.3 Å². The van der Waals surface area contributed by atoms with Crippen LogP contribution in [-0.4, -0.2) is 37.6 Å². The van der Waals surface area contributed by atoms with Crippen molar-refractivity contribution in [1.82, 2.24) is 5.12 Å². The average Bonchev–Trinajstić information content (AvgIpc) is 2.29. The van der Waals surface area contributed by atoms with Gasteiger partial charge in [0.25, 0.3) is 5.91 Å². The molecule has 108 valence electrons. The van der Waals surface area contributed by atoms with Crippen LogP contribution in [0, 0.1) is 0 Å². The Labute approximate surface area is 115 Å². The molecule has 0 aliphatic heterocycles. The summed E-state index contributed by atoms with van der Waals surface area (Å²) in [6.07, 6.45) is -1.55. The van der Waals surface area contributed by atoms with Crippen LogP contribution in [0.5, 0.6) is 17.2 Å². The fourth-order valence-corrected chi connectivity index (χ4v) is 1.41. The number of carbonyl (C=O) groups is 1. The molecular formula is C10H16ClN3O5. The fourth-order valence-electron chi connectivity index (χ4n) is 1.41. The van der Waals surface area contributed by atoms with E-state index in [0.29, 0.717) is 5.12 Å². The maximum atomic E-state index is 11.1. The number of rotatable bonds is 4. The Morgan fingerprint density at radius 3 is 2.32 bits per heavy atom. The number of hydrogen-bond donors (Lipinski definition) is 6. The maximum Gasteiger partial charge on any atom is 0.253 e. The Morgan fingerprint density at radius 1 is 1.21 bits per heavy atom. The molecule has 1 atom stereocenters. The number of hydrogen-bond acceptors (Lipinski definition) is 7. The van der Waals surface area contributed by atoms with Gasteiger partial charge < -0.3 is 20.4 Å². The molecule has 19 heavy (non-hydrogen) atoms. The van der Waals surface area contributed by atoms with Crippen LogP contribution in [0.15, 0.2) is 12.1 Å². The molecule has 9 heteroatoms. The van der Waals surface area contributed by atoms with Crippen LogP contribution < -0.4 is 11.7 Å². The van der Waals surface area contributed by atoms with Gasteiger partial charge in [0.15, 0.2) is 11.5 Å². The van der Waals surface area contributed by atoms with Crippen LogP contribution in [0.4, 0.5) is 0 Å². The highest BCUT2D eigenvalue weighted by Gasteiger charge is 2.18. The first kappa shape index (κ1) is 17.3. The second-order valence-corrected chi connectivity index (χ2v) is 3.80. The molecule has 0 aliphatic rings. The number of hydrazine groups is 2. The highest BCUT2D eigenvalue weighted by Crippen LogP contribution is 2.37. The summed E-state index contributed by atoms with van der Waals surface area (Å²) in [5.41, 5.74) is 0.186. The van der Waals surface area contributed by atoms with E-state index in [4.69, 9.17) is 16.8 Å². The molecule has 0 radical (unpaired) electrons. The second-order valence-electron chi connectivity index (χ2n) is 3.80. The van der Waals surface area contributed by atoms with Gasteiger partial charge in [0.05, 0.1) is 12.5 Å². The molecule has 8 nitrogen and oxygen atoms in total. The lowest BCUT2D eigenvalue weighted by atomic mass is 10.0. The molecule has 0 aliphatic carbocycles. The molecule has 1 aromatic rings. The van der Waals surface area contributed by atoms with Gasteiger partial charge in [-0.05, 0) is 6.07 Å². The van der Waals surface area contributed by atoms with E-state index in [0.717, 1.165) is 6.07 Å². The third-order valence-corrected chi connectivity index (χ3v) is 2.37. The Balaban J connectivity index is 0.00000324. The molecule has 0 saturated heterocycles. The maximum absolute atomic E-state index is 11.1. The van der Waals surface area contributed by atoms with E-state index in [1.165, 1.54) is 6.07 Å². The van der Waals surface area contributed by atoms with Crippen molar-refractivity contribution < 1.29 is 25.2 Å². The molecular weight excluding hydrogens is 278 g/mol. The molecule has 0 aromatic heterocycles. The summed E-state index contributed by atoms with van der Waals surface area (Å²) in [5, 5.41) is 37.8. The molecule has 0 heterocycles. The van der Waals surface area contributed by atoms with E-state index in [9.17, 15) is 20.1 Å². The Hall–Kier alpha value is -1.74.